The molecule has 1 aromatic heterocycles. The molecule has 9 nitrogen and oxygen atoms in total. The number of halogens is 1. The molecule has 28 heavy (non-hydrogen) atoms. The van der Waals surface area contributed by atoms with E-state index in [1.54, 1.807) is 25.1 Å². The van der Waals surface area contributed by atoms with Crippen LogP contribution in [0.25, 0.3) is 17.0 Å². The summed E-state index contributed by atoms with van der Waals surface area (Å²) in [5.74, 6) is -0.992. The molecule has 1 fully saturated rings. The molecule has 3 rings (SSSR count). The van der Waals surface area contributed by atoms with E-state index < -0.39 is 24.2 Å². The van der Waals surface area contributed by atoms with E-state index in [9.17, 15) is 19.8 Å². The van der Waals surface area contributed by atoms with Gasteiger partial charge in [-0.2, -0.15) is 9.97 Å². The van der Waals surface area contributed by atoms with Gasteiger partial charge in [0.2, 0.25) is 5.88 Å². The number of likely N-dealkylation sites (tertiary alicyclic amines) is 1. The number of ether oxygens (including phenoxy) is 2. The number of aliphatic carboxylic acids is 1. The van der Waals surface area contributed by atoms with Crippen molar-refractivity contribution in [1.82, 2.24) is 14.9 Å². The number of benzene rings is 1. The van der Waals surface area contributed by atoms with Crippen molar-refractivity contribution < 1.29 is 29.3 Å². The Balaban J connectivity index is 0.00000280. The number of carboxylic acid groups (broad SMARTS) is 2. The Morgan fingerprint density at radius 3 is 2.68 bits per heavy atom. The maximum Gasteiger partial charge on any atom is 0.408 e. The second-order valence-electron chi connectivity index (χ2n) is 5.99. The number of aromatic nitrogens is 2. The first-order chi connectivity index (χ1) is 12.9. The van der Waals surface area contributed by atoms with E-state index in [0.717, 1.165) is 10.5 Å². The Morgan fingerprint density at radius 1 is 1.36 bits per heavy atom. The van der Waals surface area contributed by atoms with Crippen molar-refractivity contribution in [2.24, 2.45) is 0 Å². The molecule has 0 aliphatic carbocycles. The van der Waals surface area contributed by atoms with Crippen LogP contribution in [-0.4, -0.2) is 62.4 Å². The number of carbonyl (C=O) groups is 2. The highest BCUT2D eigenvalue weighted by atomic mass is 35.5. The number of nitrogens with zero attached hydrogens (tertiary/aromatic N) is 3. The van der Waals surface area contributed by atoms with Crippen LogP contribution in [0.4, 0.5) is 4.79 Å². The second kappa shape index (κ2) is 8.75. The summed E-state index contributed by atoms with van der Waals surface area (Å²) in [6.07, 6.45) is -0.257. The van der Waals surface area contributed by atoms with E-state index in [4.69, 9.17) is 9.47 Å². The minimum Gasteiger partial charge on any atom is -0.480 e. The highest BCUT2D eigenvalue weighted by molar-refractivity contribution is 5.86. The van der Waals surface area contributed by atoms with Crippen molar-refractivity contribution in [1.29, 1.82) is 0 Å². The fourth-order valence-corrected chi connectivity index (χ4v) is 2.99. The van der Waals surface area contributed by atoms with Gasteiger partial charge in [0.05, 0.1) is 24.1 Å². The number of rotatable bonds is 6. The molecule has 0 saturated carbocycles. The van der Waals surface area contributed by atoms with Gasteiger partial charge in [-0.1, -0.05) is 18.7 Å². The lowest BCUT2D eigenvalue weighted by molar-refractivity contribution is -0.141. The first-order valence-corrected chi connectivity index (χ1v) is 8.39. The monoisotopic (exact) mass is 409 g/mol. The first-order valence-electron chi connectivity index (χ1n) is 8.39. The van der Waals surface area contributed by atoms with Crippen molar-refractivity contribution in [3.63, 3.8) is 0 Å². The van der Waals surface area contributed by atoms with Crippen molar-refractivity contribution in [2.45, 2.75) is 25.5 Å². The summed E-state index contributed by atoms with van der Waals surface area (Å²) in [4.78, 5) is 32.1. The summed E-state index contributed by atoms with van der Waals surface area (Å²) in [5, 5.41) is 19.1. The van der Waals surface area contributed by atoms with E-state index in [2.05, 4.69) is 16.5 Å². The van der Waals surface area contributed by atoms with Gasteiger partial charge in [0.1, 0.15) is 12.1 Å². The Hall–Kier alpha value is -3.07. The van der Waals surface area contributed by atoms with Crippen LogP contribution in [0.5, 0.6) is 11.9 Å². The smallest absolute Gasteiger partial charge is 0.408 e. The van der Waals surface area contributed by atoms with Crippen LogP contribution in [0.2, 0.25) is 0 Å². The maximum atomic E-state index is 11.3. The fraction of sp³-hybridized carbons (Fsp3) is 0.333. The van der Waals surface area contributed by atoms with Crippen molar-refractivity contribution in [3.05, 3.63) is 30.3 Å². The van der Waals surface area contributed by atoms with Crippen molar-refractivity contribution in [2.75, 3.05) is 13.2 Å². The SMILES string of the molecule is C=Cc1ccc2nc(OCC)nc(O[C@@H]3C[C@@H](C(=O)O)N(C(=O)O)C3)c2c1.Cl. The Morgan fingerprint density at radius 2 is 2.11 bits per heavy atom. The second-order valence-corrected chi connectivity index (χ2v) is 5.99. The van der Waals surface area contributed by atoms with Crippen LogP contribution < -0.4 is 9.47 Å². The molecule has 1 saturated heterocycles. The summed E-state index contributed by atoms with van der Waals surface area (Å²) in [6, 6.07) is 4.39. The molecular formula is C18H20ClN3O6. The molecule has 0 radical (unpaired) electrons. The lowest BCUT2D eigenvalue weighted by atomic mass is 10.1. The quantitative estimate of drug-likeness (QED) is 0.746. The van der Waals surface area contributed by atoms with Crippen molar-refractivity contribution >= 4 is 41.4 Å². The van der Waals surface area contributed by atoms with E-state index in [1.807, 2.05) is 6.07 Å². The summed E-state index contributed by atoms with van der Waals surface area (Å²) < 4.78 is 11.3. The molecule has 1 aliphatic heterocycles. The standard InChI is InChI=1S/C18H19N3O6.ClH/c1-3-10-5-6-13-12(7-10)15(20-17(19-13)26-4-2)27-11-8-14(16(22)23)21(9-11)18(24)25;/h3,5-7,11,14H,1,4,8-9H2,2H3,(H,22,23)(H,24,25);1H/t11-,14+;/m1./s1. The van der Waals surface area contributed by atoms with Crippen LogP contribution in [0.15, 0.2) is 24.8 Å². The summed E-state index contributed by atoms with van der Waals surface area (Å²) >= 11 is 0. The van der Waals surface area contributed by atoms with E-state index in [-0.39, 0.29) is 37.3 Å². The molecule has 1 aliphatic rings. The topological polar surface area (TPSA) is 122 Å². The number of hydrogen-bond acceptors (Lipinski definition) is 6. The van der Waals surface area contributed by atoms with Gasteiger partial charge in [-0.25, -0.2) is 9.59 Å². The third kappa shape index (κ3) is 4.25. The highest BCUT2D eigenvalue weighted by Gasteiger charge is 2.41. The van der Waals surface area contributed by atoms with E-state index in [1.165, 1.54) is 0 Å². The lowest BCUT2D eigenvalue weighted by Crippen LogP contribution is -2.39. The van der Waals surface area contributed by atoms with Gasteiger partial charge in [0, 0.05) is 6.42 Å². The molecule has 0 spiro atoms. The number of hydrogen-bond donors (Lipinski definition) is 2. The van der Waals surface area contributed by atoms with E-state index in [0.29, 0.717) is 17.5 Å². The zero-order valence-electron chi connectivity index (χ0n) is 15.1. The van der Waals surface area contributed by atoms with Gasteiger partial charge in [0.25, 0.3) is 0 Å². The average Bonchev–Trinajstić information content (AvgIpc) is 3.06. The average molecular weight is 410 g/mol. The third-order valence-corrected chi connectivity index (χ3v) is 4.25. The van der Waals surface area contributed by atoms with Gasteiger partial charge < -0.3 is 19.7 Å². The minimum absolute atomic E-state index is 0. The molecular weight excluding hydrogens is 390 g/mol. The number of amides is 1. The molecule has 0 bridgehead atoms. The fourth-order valence-electron chi connectivity index (χ4n) is 2.99. The maximum absolute atomic E-state index is 11.3. The number of fused-ring (bicyclic) bond motifs is 1. The normalized spacial score (nSPS) is 18.4. The predicted octanol–water partition coefficient (Wildman–Crippen LogP) is 2.68. The Bertz CT molecular complexity index is 884. The minimum atomic E-state index is -1.30. The third-order valence-electron chi connectivity index (χ3n) is 4.25. The highest BCUT2D eigenvalue weighted by Crippen LogP contribution is 2.30. The first kappa shape index (κ1) is 21.2. The molecule has 2 heterocycles. The van der Waals surface area contributed by atoms with Gasteiger partial charge in [0.15, 0.2) is 0 Å². The molecule has 0 unspecified atom stereocenters. The van der Waals surface area contributed by atoms with Crippen LogP contribution in [0, 0.1) is 0 Å². The van der Waals surface area contributed by atoms with Gasteiger partial charge in [-0.15, -0.1) is 12.4 Å². The lowest BCUT2D eigenvalue weighted by Gasteiger charge is -2.17. The van der Waals surface area contributed by atoms with E-state index >= 15 is 0 Å². The molecule has 150 valence electrons. The molecule has 2 N–H and O–H groups in total. The molecule has 1 amide bonds. The molecule has 2 aromatic rings. The predicted molar refractivity (Wildman–Crippen MR) is 103 cm³/mol. The largest absolute Gasteiger partial charge is 0.480 e. The van der Waals surface area contributed by atoms with Gasteiger partial charge >= 0.3 is 18.1 Å². The molecule has 10 heteroatoms. The van der Waals surface area contributed by atoms with Crippen LogP contribution in [0.3, 0.4) is 0 Å². The van der Waals surface area contributed by atoms with Crippen LogP contribution in [-0.2, 0) is 4.79 Å². The zero-order valence-corrected chi connectivity index (χ0v) is 15.9. The Labute approximate surface area is 167 Å². The van der Waals surface area contributed by atoms with Gasteiger partial charge in [-0.3, -0.25) is 4.90 Å². The molecule has 1 aromatic carbocycles. The number of carboxylic acids is 1. The van der Waals surface area contributed by atoms with Crippen LogP contribution in [0.1, 0.15) is 18.9 Å². The summed E-state index contributed by atoms with van der Waals surface area (Å²) in [6.45, 7) is 5.83. The molecule has 2 atom stereocenters. The Kier molecular flexibility index (Phi) is 6.63. The van der Waals surface area contributed by atoms with Crippen LogP contribution >= 0.6 is 12.4 Å². The van der Waals surface area contributed by atoms with Crippen molar-refractivity contribution in [3.8, 4) is 11.9 Å². The summed E-state index contributed by atoms with van der Waals surface area (Å²) in [7, 11) is 0. The summed E-state index contributed by atoms with van der Waals surface area (Å²) in [5.41, 5.74) is 1.43. The van der Waals surface area contributed by atoms with Gasteiger partial charge in [-0.05, 0) is 24.6 Å². The zero-order chi connectivity index (χ0) is 19.6.